The topological polar surface area (TPSA) is 68.0 Å². The third kappa shape index (κ3) is 4.00. The molecule has 2 aromatic heterocycles. The van der Waals surface area contributed by atoms with Gasteiger partial charge in [-0.15, -0.1) is 11.3 Å². The molecule has 0 aromatic carbocycles. The third-order valence-electron chi connectivity index (χ3n) is 2.29. The van der Waals surface area contributed by atoms with Crippen LogP contribution in [0.5, 0.6) is 0 Å². The van der Waals surface area contributed by atoms with Gasteiger partial charge in [0, 0.05) is 6.08 Å². The first-order valence-corrected chi connectivity index (χ1v) is 7.24. The molecule has 0 fully saturated rings. The molecule has 19 heavy (non-hydrogen) atoms. The highest BCUT2D eigenvalue weighted by Gasteiger charge is 2.13. The van der Waals surface area contributed by atoms with Crippen LogP contribution < -0.4 is 5.32 Å². The summed E-state index contributed by atoms with van der Waals surface area (Å²) in [5, 5.41) is 8.40. The van der Waals surface area contributed by atoms with Crippen molar-refractivity contribution in [3.8, 4) is 0 Å². The number of aryl methyl sites for hydroxylation is 1. The van der Waals surface area contributed by atoms with Gasteiger partial charge in [0.05, 0.1) is 3.79 Å². The van der Waals surface area contributed by atoms with Gasteiger partial charge in [0.1, 0.15) is 6.04 Å². The van der Waals surface area contributed by atoms with Crippen LogP contribution in [0.2, 0.25) is 0 Å². The van der Waals surface area contributed by atoms with Crippen LogP contribution in [0.4, 0.5) is 0 Å². The first kappa shape index (κ1) is 14.0. The molecule has 7 heteroatoms. The highest BCUT2D eigenvalue weighted by atomic mass is 79.9. The summed E-state index contributed by atoms with van der Waals surface area (Å²) in [5.41, 5.74) is 0.980. The lowest BCUT2D eigenvalue weighted by Gasteiger charge is -2.06. The van der Waals surface area contributed by atoms with Gasteiger partial charge in [-0.25, -0.2) is 0 Å². The van der Waals surface area contributed by atoms with Crippen LogP contribution in [0.15, 0.2) is 25.8 Å². The molecule has 0 aliphatic carbocycles. The van der Waals surface area contributed by atoms with E-state index in [2.05, 4.69) is 31.4 Å². The Morgan fingerprint density at radius 1 is 1.63 bits per heavy atom. The molecule has 1 atom stereocenters. The van der Waals surface area contributed by atoms with Crippen LogP contribution in [-0.2, 0) is 4.79 Å². The summed E-state index contributed by atoms with van der Waals surface area (Å²) < 4.78 is 6.02. The molecular formula is C12H12BrN3O2S. The van der Waals surface area contributed by atoms with Crippen molar-refractivity contribution in [3.63, 3.8) is 0 Å². The largest absolute Gasteiger partial charge is 0.341 e. The average Bonchev–Trinajstić information content (AvgIpc) is 2.95. The van der Waals surface area contributed by atoms with Crippen molar-refractivity contribution in [3.05, 3.63) is 38.6 Å². The Morgan fingerprint density at radius 2 is 2.42 bits per heavy atom. The summed E-state index contributed by atoms with van der Waals surface area (Å²) in [6.07, 6.45) is 3.23. The number of nitrogens with zero attached hydrogens (tertiary/aromatic N) is 2. The molecule has 0 aliphatic heterocycles. The summed E-state index contributed by atoms with van der Waals surface area (Å²) in [6, 6.07) is 1.63. The van der Waals surface area contributed by atoms with Gasteiger partial charge >= 0.3 is 0 Å². The van der Waals surface area contributed by atoms with Crippen LogP contribution in [0.1, 0.15) is 30.2 Å². The lowest BCUT2D eigenvalue weighted by atomic mass is 10.3. The van der Waals surface area contributed by atoms with Gasteiger partial charge in [-0.3, -0.25) is 4.79 Å². The van der Waals surface area contributed by atoms with E-state index >= 15 is 0 Å². The zero-order chi connectivity index (χ0) is 13.8. The maximum Gasteiger partial charge on any atom is 0.248 e. The fourth-order valence-electron chi connectivity index (χ4n) is 1.39. The second kappa shape index (κ2) is 6.12. The van der Waals surface area contributed by atoms with Gasteiger partial charge in [-0.2, -0.15) is 4.98 Å². The van der Waals surface area contributed by atoms with E-state index in [1.165, 1.54) is 6.08 Å². The molecule has 2 rings (SSSR count). The molecule has 0 bridgehead atoms. The molecule has 5 nitrogen and oxygen atoms in total. The molecule has 2 aromatic rings. The zero-order valence-electron chi connectivity index (χ0n) is 10.4. The number of hydrogen-bond donors (Lipinski definition) is 1. The van der Waals surface area contributed by atoms with Crippen LogP contribution >= 0.6 is 27.3 Å². The molecule has 0 saturated carbocycles. The van der Waals surface area contributed by atoms with Crippen molar-refractivity contribution in [2.24, 2.45) is 0 Å². The third-order valence-corrected chi connectivity index (χ3v) is 3.81. The molecule has 100 valence electrons. The minimum atomic E-state index is -0.312. The van der Waals surface area contributed by atoms with Crippen molar-refractivity contribution >= 4 is 39.2 Å². The number of hydrogen-bond acceptors (Lipinski definition) is 5. The Balaban J connectivity index is 1.92. The Kier molecular flexibility index (Phi) is 4.49. The molecule has 0 unspecified atom stereocenters. The van der Waals surface area contributed by atoms with Gasteiger partial charge in [0.25, 0.3) is 0 Å². The standard InChI is InChI=1S/C12H12BrN3O2S/c1-7(12-15-8(2)16-18-12)14-11(17)4-3-9-5-10(13)19-6-9/h3-7H,1-2H3,(H,14,17)/b4-3-/t7-/m1/s1. The normalized spacial score (nSPS) is 12.8. The minimum Gasteiger partial charge on any atom is -0.341 e. The Morgan fingerprint density at radius 3 is 3.00 bits per heavy atom. The Bertz CT molecular complexity index is 606. The van der Waals surface area contributed by atoms with Crippen LogP contribution in [0.25, 0.3) is 6.08 Å². The predicted octanol–water partition coefficient (Wildman–Crippen LogP) is 3.09. The summed E-state index contributed by atoms with van der Waals surface area (Å²) >= 11 is 4.94. The first-order chi connectivity index (χ1) is 9.04. The van der Waals surface area contributed by atoms with Crippen molar-refractivity contribution in [2.75, 3.05) is 0 Å². The average molecular weight is 342 g/mol. The SMILES string of the molecule is Cc1noc([C@@H](C)NC(=O)/C=C\c2csc(Br)c2)n1. The zero-order valence-corrected chi connectivity index (χ0v) is 12.8. The van der Waals surface area contributed by atoms with E-state index in [9.17, 15) is 4.79 Å². The fourth-order valence-corrected chi connectivity index (χ4v) is 2.54. The number of carbonyl (C=O) groups is 1. The number of carbonyl (C=O) groups excluding carboxylic acids is 1. The van der Waals surface area contributed by atoms with Gasteiger partial charge < -0.3 is 9.84 Å². The first-order valence-electron chi connectivity index (χ1n) is 5.57. The molecule has 1 N–H and O–H groups in total. The van der Waals surface area contributed by atoms with Crippen LogP contribution in [-0.4, -0.2) is 16.0 Å². The van der Waals surface area contributed by atoms with Crippen molar-refractivity contribution in [2.45, 2.75) is 19.9 Å². The quantitative estimate of drug-likeness (QED) is 0.867. The predicted molar refractivity (Wildman–Crippen MR) is 76.6 cm³/mol. The lowest BCUT2D eigenvalue weighted by molar-refractivity contribution is -0.117. The molecule has 0 spiro atoms. The summed E-state index contributed by atoms with van der Waals surface area (Å²) in [4.78, 5) is 15.8. The second-order valence-electron chi connectivity index (χ2n) is 3.93. The summed E-state index contributed by atoms with van der Waals surface area (Å²) in [7, 11) is 0. The molecule has 0 saturated heterocycles. The monoisotopic (exact) mass is 341 g/mol. The highest BCUT2D eigenvalue weighted by Crippen LogP contribution is 2.21. The highest BCUT2D eigenvalue weighted by molar-refractivity contribution is 9.11. The Hall–Kier alpha value is -1.47. The van der Waals surface area contributed by atoms with Gasteiger partial charge in [0.2, 0.25) is 11.8 Å². The number of nitrogens with one attached hydrogen (secondary N) is 1. The number of amides is 1. The summed E-state index contributed by atoms with van der Waals surface area (Å²) in [5.74, 6) is 0.748. The van der Waals surface area contributed by atoms with E-state index in [0.717, 1.165) is 9.35 Å². The van der Waals surface area contributed by atoms with Crippen molar-refractivity contribution < 1.29 is 9.32 Å². The maximum atomic E-state index is 11.7. The van der Waals surface area contributed by atoms with Crippen molar-refractivity contribution in [1.82, 2.24) is 15.5 Å². The fraction of sp³-hybridized carbons (Fsp3) is 0.250. The van der Waals surface area contributed by atoms with Gasteiger partial charge in [0.15, 0.2) is 5.82 Å². The van der Waals surface area contributed by atoms with E-state index < -0.39 is 0 Å². The minimum absolute atomic E-state index is 0.203. The van der Waals surface area contributed by atoms with E-state index in [1.54, 1.807) is 31.3 Å². The molecule has 0 aliphatic rings. The summed E-state index contributed by atoms with van der Waals surface area (Å²) in [6.45, 7) is 3.52. The second-order valence-corrected chi connectivity index (χ2v) is 6.22. The Labute approximate surface area is 122 Å². The molecular weight excluding hydrogens is 330 g/mol. The number of rotatable bonds is 4. The number of halogens is 1. The maximum absolute atomic E-state index is 11.7. The van der Waals surface area contributed by atoms with Crippen LogP contribution in [0.3, 0.4) is 0 Å². The van der Waals surface area contributed by atoms with E-state index in [1.807, 2.05) is 11.4 Å². The molecule has 1 amide bonds. The van der Waals surface area contributed by atoms with E-state index in [0.29, 0.717) is 11.7 Å². The smallest absolute Gasteiger partial charge is 0.248 e. The van der Waals surface area contributed by atoms with Gasteiger partial charge in [-0.05, 0) is 52.9 Å². The molecule has 0 radical (unpaired) electrons. The number of aromatic nitrogens is 2. The van der Waals surface area contributed by atoms with Crippen LogP contribution in [0, 0.1) is 6.92 Å². The number of thiophene rings is 1. The van der Waals surface area contributed by atoms with E-state index in [-0.39, 0.29) is 11.9 Å². The lowest BCUT2D eigenvalue weighted by Crippen LogP contribution is -2.24. The van der Waals surface area contributed by atoms with Crippen molar-refractivity contribution in [1.29, 1.82) is 0 Å². The van der Waals surface area contributed by atoms with Gasteiger partial charge in [-0.1, -0.05) is 5.16 Å². The van der Waals surface area contributed by atoms with E-state index in [4.69, 9.17) is 4.52 Å². The molecule has 2 heterocycles.